The van der Waals surface area contributed by atoms with E-state index in [1.54, 1.807) is 0 Å². The van der Waals surface area contributed by atoms with Crippen LogP contribution in [0.3, 0.4) is 0 Å². The molecule has 0 bridgehead atoms. The Labute approximate surface area is 97.2 Å². The second-order valence-corrected chi connectivity index (χ2v) is 1.54. The Balaban J connectivity index is -0.0000000267. The molecule has 0 spiro atoms. The Hall–Kier alpha value is 2.46. The molecule has 0 aliphatic carbocycles. The van der Waals surface area contributed by atoms with Gasteiger partial charge < -0.3 is 16.1 Å². The van der Waals surface area contributed by atoms with E-state index in [0.29, 0.717) is 0 Å². The van der Waals surface area contributed by atoms with E-state index in [9.17, 15) is 0 Å². The van der Waals surface area contributed by atoms with Crippen LogP contribution in [0.5, 0.6) is 0 Å². The Bertz CT molecular complexity index is 62.2. The summed E-state index contributed by atoms with van der Waals surface area (Å²) < 4.78 is 8.88. The van der Waals surface area contributed by atoms with Gasteiger partial charge in [0.1, 0.15) is 0 Å². The van der Waals surface area contributed by atoms with Crippen molar-refractivity contribution in [2.75, 3.05) is 0 Å². The average molecular weight is 266 g/mol. The normalized spacial score (nSPS) is 8.43. The Kier molecular flexibility index (Phi) is 15.2. The molecule has 0 atom stereocenters. The molecule has 0 fully saturated rings. The summed E-state index contributed by atoms with van der Waals surface area (Å²) in [6.45, 7) is 0. The monoisotopic (exact) mass is 264 g/mol. The molecule has 0 unspecified atom stereocenters. The zero-order valence-electron chi connectivity index (χ0n) is 4.70. The molecule has 0 radical (unpaired) electrons. The molecular formula is H4NaNdO4P. The quantitative estimate of drug-likeness (QED) is 0.310. The van der Waals surface area contributed by atoms with Gasteiger partial charge in [-0.1, -0.05) is 0 Å². The Morgan fingerprint density at radius 2 is 1.29 bits per heavy atom. The summed E-state index contributed by atoms with van der Waals surface area (Å²) in [6, 6.07) is 0. The predicted molar refractivity (Wildman–Crippen MR) is 15.4 cm³/mol. The fraction of sp³-hybridized carbons (Fsp3) is 0. The molecule has 0 aromatic carbocycles. The maximum Gasteiger partial charge on any atom is 1.00 e. The topological polar surface area (TPSA) is 77.8 Å². The first-order valence-electron chi connectivity index (χ1n) is 0.783. The van der Waals surface area contributed by atoms with Crippen LogP contribution in [0.1, 0.15) is 1.43 Å². The minimum absolute atomic E-state index is 0. The van der Waals surface area contributed by atoms with Gasteiger partial charge in [-0.05, 0) is 0 Å². The first kappa shape index (κ1) is 16.2. The van der Waals surface area contributed by atoms with Crippen molar-refractivity contribution >= 4 is 7.82 Å². The van der Waals surface area contributed by atoms with Crippen molar-refractivity contribution in [2.45, 2.75) is 0 Å². The van der Waals surface area contributed by atoms with E-state index in [-0.39, 0.29) is 71.8 Å². The maximum atomic E-state index is 8.88. The minimum Gasteiger partial charge on any atom is -1.00 e. The van der Waals surface area contributed by atoms with E-state index in [1.807, 2.05) is 0 Å². The first-order chi connectivity index (χ1) is 2.00. The SMILES string of the molecule is O=P(O)(O)O.[H-].[Na+].[Nd]. The molecule has 3 N–H and O–H groups in total. The standard InChI is InChI=1S/Na.Nd.H3O4P.H/c;;1-5(2,3)4;/h;;(H3,1,2,3,4);/q+1;;;-1. The average Bonchev–Trinajstić information content (AvgIpc) is 0.722. The van der Waals surface area contributed by atoms with Gasteiger partial charge in [0.05, 0.1) is 0 Å². The van der Waals surface area contributed by atoms with Crippen LogP contribution in [0.25, 0.3) is 0 Å². The molecule has 0 aromatic heterocycles. The third kappa shape index (κ3) is 58.3. The maximum absolute atomic E-state index is 8.88. The van der Waals surface area contributed by atoms with Gasteiger partial charge in [-0.2, -0.15) is 0 Å². The molecule has 0 saturated carbocycles. The van der Waals surface area contributed by atoms with Gasteiger partial charge in [-0.25, -0.2) is 4.57 Å². The molecule has 7 heteroatoms. The molecule has 0 aliphatic heterocycles. The molecular weight excluding hydrogens is 262 g/mol. The van der Waals surface area contributed by atoms with Gasteiger partial charge in [-0.3, -0.25) is 0 Å². The van der Waals surface area contributed by atoms with Crippen LogP contribution < -0.4 is 29.6 Å². The summed E-state index contributed by atoms with van der Waals surface area (Å²) in [7, 11) is -4.64. The molecule has 0 amide bonds. The van der Waals surface area contributed by atoms with Crippen molar-refractivity contribution in [3.63, 3.8) is 0 Å². The van der Waals surface area contributed by atoms with Gasteiger partial charge in [0.2, 0.25) is 0 Å². The van der Waals surface area contributed by atoms with Crippen LogP contribution in [-0.2, 0) is 4.57 Å². The van der Waals surface area contributed by atoms with Crippen LogP contribution in [0.4, 0.5) is 0 Å². The van der Waals surface area contributed by atoms with Crippen molar-refractivity contribution in [3.8, 4) is 0 Å². The van der Waals surface area contributed by atoms with Crippen LogP contribution >= 0.6 is 7.82 Å². The van der Waals surface area contributed by atoms with Gasteiger partial charge in [-0.15, -0.1) is 0 Å². The number of phosphoric acid groups is 1. The van der Waals surface area contributed by atoms with Crippen LogP contribution in [0.15, 0.2) is 0 Å². The Morgan fingerprint density at radius 3 is 1.29 bits per heavy atom. The minimum atomic E-state index is -4.64. The summed E-state index contributed by atoms with van der Waals surface area (Å²) in [5, 5.41) is 0. The molecule has 0 saturated heterocycles. The number of hydrogen-bond donors (Lipinski definition) is 3. The van der Waals surface area contributed by atoms with E-state index in [0.717, 1.165) is 0 Å². The second kappa shape index (κ2) is 6.58. The Morgan fingerprint density at radius 1 is 1.29 bits per heavy atom. The first-order valence-corrected chi connectivity index (χ1v) is 2.35. The molecule has 38 valence electrons. The molecule has 0 rings (SSSR count). The summed E-state index contributed by atoms with van der Waals surface area (Å²) in [4.78, 5) is 21.6. The number of hydrogen-bond acceptors (Lipinski definition) is 1. The fourth-order valence-corrected chi connectivity index (χ4v) is 0. The van der Waals surface area contributed by atoms with Crippen molar-refractivity contribution < 1.29 is 91.1 Å². The zero-order chi connectivity index (χ0) is 4.50. The van der Waals surface area contributed by atoms with E-state index in [2.05, 4.69) is 0 Å². The van der Waals surface area contributed by atoms with E-state index in [1.165, 1.54) is 0 Å². The van der Waals surface area contributed by atoms with Crippen molar-refractivity contribution in [3.05, 3.63) is 0 Å². The largest absolute Gasteiger partial charge is 1.00 e. The van der Waals surface area contributed by atoms with Crippen LogP contribution in [0.2, 0.25) is 0 Å². The molecule has 0 heterocycles. The fourth-order valence-electron chi connectivity index (χ4n) is 0. The smallest absolute Gasteiger partial charge is 1.00 e. The summed E-state index contributed by atoms with van der Waals surface area (Å²) in [5.41, 5.74) is 0. The van der Waals surface area contributed by atoms with Gasteiger partial charge in [0, 0.05) is 40.8 Å². The molecule has 0 aliphatic rings. The van der Waals surface area contributed by atoms with Gasteiger partial charge in [0.25, 0.3) is 0 Å². The molecule has 4 nitrogen and oxygen atoms in total. The van der Waals surface area contributed by atoms with E-state index in [4.69, 9.17) is 19.2 Å². The van der Waals surface area contributed by atoms with E-state index >= 15 is 0 Å². The third-order valence-corrected chi connectivity index (χ3v) is 0. The van der Waals surface area contributed by atoms with Crippen molar-refractivity contribution in [2.24, 2.45) is 0 Å². The molecule has 0 aromatic rings. The second-order valence-electron chi connectivity index (χ2n) is 0.513. The molecule has 7 heavy (non-hydrogen) atoms. The number of rotatable bonds is 0. The van der Waals surface area contributed by atoms with Gasteiger partial charge >= 0.3 is 37.4 Å². The summed E-state index contributed by atoms with van der Waals surface area (Å²) >= 11 is 0. The summed E-state index contributed by atoms with van der Waals surface area (Å²) in [5.74, 6) is 0. The third-order valence-electron chi connectivity index (χ3n) is 0. The van der Waals surface area contributed by atoms with Crippen LogP contribution in [-0.4, -0.2) is 14.7 Å². The predicted octanol–water partition coefficient (Wildman–Crippen LogP) is -3.81. The van der Waals surface area contributed by atoms with Gasteiger partial charge in [0.15, 0.2) is 0 Å². The summed E-state index contributed by atoms with van der Waals surface area (Å²) in [6.07, 6.45) is 0. The zero-order valence-corrected chi connectivity index (χ0v) is 9.80. The van der Waals surface area contributed by atoms with E-state index < -0.39 is 7.82 Å². The van der Waals surface area contributed by atoms with Crippen LogP contribution in [0, 0.1) is 40.8 Å². The van der Waals surface area contributed by atoms with Crippen molar-refractivity contribution in [1.82, 2.24) is 0 Å². The van der Waals surface area contributed by atoms with Crippen molar-refractivity contribution in [1.29, 1.82) is 0 Å².